The number of benzene rings is 1. The molecule has 8 nitrogen and oxygen atoms in total. The van der Waals surface area contributed by atoms with Crippen molar-refractivity contribution in [1.82, 2.24) is 14.9 Å². The second kappa shape index (κ2) is 9.39. The van der Waals surface area contributed by atoms with Crippen LogP contribution in [0, 0.1) is 22.6 Å². The van der Waals surface area contributed by atoms with Gasteiger partial charge >= 0.3 is 6.09 Å². The maximum Gasteiger partial charge on any atom is 0.407 e. The molecule has 3 atom stereocenters. The van der Waals surface area contributed by atoms with Gasteiger partial charge in [-0.3, -0.25) is 0 Å². The van der Waals surface area contributed by atoms with E-state index in [-0.39, 0.29) is 28.9 Å². The van der Waals surface area contributed by atoms with Crippen LogP contribution < -0.4 is 9.47 Å². The van der Waals surface area contributed by atoms with E-state index >= 15 is 0 Å². The van der Waals surface area contributed by atoms with Gasteiger partial charge in [0.25, 0.3) is 0 Å². The van der Waals surface area contributed by atoms with Crippen molar-refractivity contribution in [2.24, 2.45) is 5.41 Å². The standard InChI is InChI=1S/C23H27FN4O4/c1-14(31-18-6-5-15(13-25)11-17(18)24)21-26-9-7-20(27-21)32-16-8-10-28(22(29)30)19(12-16)23(2,3)4/h5-7,9,11,14,16,19H,8,10,12H2,1-4H3,(H,29,30). The summed E-state index contributed by atoms with van der Waals surface area (Å²) in [7, 11) is 0. The summed E-state index contributed by atoms with van der Waals surface area (Å²) < 4.78 is 25.8. The molecule has 0 aliphatic carbocycles. The topological polar surface area (TPSA) is 109 Å². The molecule has 3 unspecified atom stereocenters. The lowest BCUT2D eigenvalue weighted by Gasteiger charge is -2.44. The van der Waals surface area contributed by atoms with Gasteiger partial charge in [-0.15, -0.1) is 0 Å². The van der Waals surface area contributed by atoms with Crippen LogP contribution in [0.15, 0.2) is 30.5 Å². The van der Waals surface area contributed by atoms with Crippen molar-refractivity contribution >= 4 is 6.09 Å². The number of aromatic nitrogens is 2. The number of ether oxygens (including phenoxy) is 2. The molecule has 1 aromatic carbocycles. The van der Waals surface area contributed by atoms with Gasteiger partial charge < -0.3 is 19.5 Å². The molecule has 0 spiro atoms. The lowest BCUT2D eigenvalue weighted by atomic mass is 9.80. The molecule has 9 heteroatoms. The summed E-state index contributed by atoms with van der Waals surface area (Å²) in [4.78, 5) is 21.7. The van der Waals surface area contributed by atoms with Crippen LogP contribution in [0.25, 0.3) is 0 Å². The first-order chi connectivity index (χ1) is 15.1. The molecular formula is C23H27FN4O4. The minimum Gasteiger partial charge on any atom is -0.480 e. The maximum absolute atomic E-state index is 14.1. The van der Waals surface area contributed by atoms with Crippen molar-refractivity contribution in [2.45, 2.75) is 58.8 Å². The Balaban J connectivity index is 1.70. The van der Waals surface area contributed by atoms with Crippen LogP contribution in [0.1, 0.15) is 58.0 Å². The summed E-state index contributed by atoms with van der Waals surface area (Å²) in [6.07, 6.45) is 0.884. The zero-order chi connectivity index (χ0) is 23.5. The fraction of sp³-hybridized carbons (Fsp3) is 0.478. The van der Waals surface area contributed by atoms with Crippen molar-refractivity contribution in [3.63, 3.8) is 0 Å². The van der Waals surface area contributed by atoms with E-state index in [1.54, 1.807) is 19.2 Å². The fourth-order valence-electron chi connectivity index (χ4n) is 3.79. The first-order valence-electron chi connectivity index (χ1n) is 10.4. The van der Waals surface area contributed by atoms with E-state index in [0.717, 1.165) is 6.07 Å². The number of hydrogen-bond acceptors (Lipinski definition) is 6. The molecule has 1 fully saturated rings. The molecule has 2 heterocycles. The highest BCUT2D eigenvalue weighted by molar-refractivity contribution is 5.65. The zero-order valence-corrected chi connectivity index (χ0v) is 18.6. The average Bonchev–Trinajstić information content (AvgIpc) is 2.74. The molecule has 0 radical (unpaired) electrons. The number of carbonyl (C=O) groups is 1. The van der Waals surface area contributed by atoms with Crippen LogP contribution in [-0.4, -0.2) is 44.8 Å². The molecule has 1 aromatic heterocycles. The fourth-order valence-corrected chi connectivity index (χ4v) is 3.79. The van der Waals surface area contributed by atoms with E-state index in [2.05, 4.69) is 9.97 Å². The highest BCUT2D eigenvalue weighted by Gasteiger charge is 2.39. The highest BCUT2D eigenvalue weighted by Crippen LogP contribution is 2.33. The van der Waals surface area contributed by atoms with Gasteiger partial charge in [0, 0.05) is 37.7 Å². The molecule has 32 heavy (non-hydrogen) atoms. The molecule has 1 aliphatic heterocycles. The van der Waals surface area contributed by atoms with Gasteiger partial charge in [-0.25, -0.2) is 14.2 Å². The van der Waals surface area contributed by atoms with Crippen LogP contribution in [0.5, 0.6) is 11.6 Å². The number of nitrogens with zero attached hydrogens (tertiary/aromatic N) is 4. The molecular weight excluding hydrogens is 415 g/mol. The molecule has 1 amide bonds. The summed E-state index contributed by atoms with van der Waals surface area (Å²) in [5, 5.41) is 18.4. The minimum absolute atomic E-state index is 0.000447. The number of hydrogen-bond donors (Lipinski definition) is 1. The summed E-state index contributed by atoms with van der Waals surface area (Å²) in [5.41, 5.74) is -0.0261. The third-order valence-electron chi connectivity index (χ3n) is 5.46. The normalized spacial score (nSPS) is 19.7. The van der Waals surface area contributed by atoms with Crippen LogP contribution >= 0.6 is 0 Å². The third-order valence-corrected chi connectivity index (χ3v) is 5.46. The van der Waals surface area contributed by atoms with Gasteiger partial charge in [0.1, 0.15) is 6.10 Å². The predicted octanol–water partition coefficient (Wildman–Crippen LogP) is 4.56. The number of nitriles is 1. The maximum atomic E-state index is 14.1. The van der Waals surface area contributed by atoms with Gasteiger partial charge in [-0.1, -0.05) is 20.8 Å². The summed E-state index contributed by atoms with van der Waals surface area (Å²) in [5.74, 6) is 0.0380. The number of carboxylic acid groups (broad SMARTS) is 1. The smallest absolute Gasteiger partial charge is 0.407 e. The monoisotopic (exact) mass is 442 g/mol. The molecule has 1 aliphatic rings. The Labute approximate surface area is 186 Å². The largest absolute Gasteiger partial charge is 0.480 e. The minimum atomic E-state index is -0.922. The SMILES string of the molecule is CC(Oc1ccc(C#N)cc1F)c1nccc(OC2CCN(C(=O)O)C(C(C)(C)C)C2)n1. The van der Waals surface area contributed by atoms with E-state index in [9.17, 15) is 14.3 Å². The average molecular weight is 442 g/mol. The van der Waals surface area contributed by atoms with E-state index in [0.29, 0.717) is 31.1 Å². The van der Waals surface area contributed by atoms with Crippen molar-refractivity contribution in [1.29, 1.82) is 5.26 Å². The summed E-state index contributed by atoms with van der Waals surface area (Å²) >= 11 is 0. The first-order valence-corrected chi connectivity index (χ1v) is 10.4. The van der Waals surface area contributed by atoms with Crippen molar-refractivity contribution in [3.8, 4) is 17.7 Å². The van der Waals surface area contributed by atoms with Gasteiger partial charge in [-0.2, -0.15) is 10.2 Å². The van der Waals surface area contributed by atoms with E-state index < -0.39 is 18.0 Å². The third kappa shape index (κ3) is 5.44. The second-order valence-electron chi connectivity index (χ2n) is 8.89. The number of rotatable bonds is 5. The lowest BCUT2D eigenvalue weighted by Crippen LogP contribution is -2.53. The Morgan fingerprint density at radius 3 is 2.75 bits per heavy atom. The Kier molecular flexibility index (Phi) is 6.82. The van der Waals surface area contributed by atoms with Crippen LogP contribution in [-0.2, 0) is 0 Å². The Hall–Kier alpha value is -3.41. The van der Waals surface area contributed by atoms with E-state index in [4.69, 9.17) is 14.7 Å². The van der Waals surface area contributed by atoms with Crippen molar-refractivity contribution < 1.29 is 23.8 Å². The molecule has 2 aromatic rings. The summed E-state index contributed by atoms with van der Waals surface area (Å²) in [6, 6.07) is 7.31. The number of likely N-dealkylation sites (tertiary alicyclic amines) is 1. The van der Waals surface area contributed by atoms with E-state index in [1.165, 1.54) is 17.0 Å². The first kappa shape index (κ1) is 23.3. The Morgan fingerprint density at radius 1 is 1.38 bits per heavy atom. The Morgan fingerprint density at radius 2 is 2.12 bits per heavy atom. The van der Waals surface area contributed by atoms with Gasteiger partial charge in [0.05, 0.1) is 11.6 Å². The van der Waals surface area contributed by atoms with Crippen LogP contribution in [0.4, 0.5) is 9.18 Å². The summed E-state index contributed by atoms with van der Waals surface area (Å²) in [6.45, 7) is 8.12. The molecule has 170 valence electrons. The zero-order valence-electron chi connectivity index (χ0n) is 18.6. The molecule has 1 saturated heterocycles. The van der Waals surface area contributed by atoms with Gasteiger partial charge in [-0.05, 0) is 30.5 Å². The van der Waals surface area contributed by atoms with Gasteiger partial charge in [0.15, 0.2) is 23.5 Å². The van der Waals surface area contributed by atoms with E-state index in [1.807, 2.05) is 26.8 Å². The van der Waals surface area contributed by atoms with Crippen LogP contribution in [0.3, 0.4) is 0 Å². The number of amides is 1. The second-order valence-corrected chi connectivity index (χ2v) is 8.89. The van der Waals surface area contributed by atoms with Gasteiger partial charge in [0.2, 0.25) is 5.88 Å². The van der Waals surface area contributed by atoms with Crippen molar-refractivity contribution in [3.05, 3.63) is 47.7 Å². The van der Waals surface area contributed by atoms with Crippen molar-refractivity contribution in [2.75, 3.05) is 6.54 Å². The number of halogens is 1. The molecule has 0 saturated carbocycles. The Bertz CT molecular complexity index is 1020. The highest BCUT2D eigenvalue weighted by atomic mass is 19.1. The predicted molar refractivity (Wildman–Crippen MR) is 114 cm³/mol. The van der Waals surface area contributed by atoms with Crippen LogP contribution in [0.2, 0.25) is 0 Å². The molecule has 3 rings (SSSR count). The molecule has 1 N–H and O–H groups in total. The number of piperidine rings is 1. The quantitative estimate of drug-likeness (QED) is 0.723. The lowest BCUT2D eigenvalue weighted by molar-refractivity contribution is 0.0114. The molecule has 0 bridgehead atoms.